The van der Waals surface area contributed by atoms with Gasteiger partial charge in [-0.25, -0.2) is 0 Å². The number of ether oxygens (including phenoxy) is 2. The SMILES string of the molecule is CCOC(=O)CN(Cc1ccccc1)CC(O)(CO)CN(CC(=O)OCC)Cc1ccccc1. The summed E-state index contributed by atoms with van der Waals surface area (Å²) in [5.74, 6) is -0.822. The second-order valence-corrected chi connectivity index (χ2v) is 8.25. The molecule has 2 rings (SSSR count). The molecule has 0 radical (unpaired) electrons. The first-order valence-electron chi connectivity index (χ1n) is 11.5. The Balaban J connectivity index is 2.19. The number of hydrogen-bond donors (Lipinski definition) is 2. The Labute approximate surface area is 201 Å². The second-order valence-electron chi connectivity index (χ2n) is 8.25. The molecule has 0 aromatic heterocycles. The summed E-state index contributed by atoms with van der Waals surface area (Å²) in [4.78, 5) is 27.9. The average molecular weight is 473 g/mol. The first-order valence-corrected chi connectivity index (χ1v) is 11.5. The maximum Gasteiger partial charge on any atom is 0.320 e. The molecule has 0 atom stereocenters. The van der Waals surface area contributed by atoms with E-state index in [1.165, 1.54) is 0 Å². The lowest BCUT2D eigenvalue weighted by Gasteiger charge is -2.36. The van der Waals surface area contributed by atoms with Gasteiger partial charge in [0.2, 0.25) is 0 Å². The summed E-state index contributed by atoms with van der Waals surface area (Å²) in [5, 5.41) is 21.5. The number of hydrogen-bond acceptors (Lipinski definition) is 8. The fraction of sp³-hybridized carbons (Fsp3) is 0.462. The Bertz CT molecular complexity index is 795. The van der Waals surface area contributed by atoms with Gasteiger partial charge in [0.15, 0.2) is 0 Å². The normalized spacial score (nSPS) is 11.6. The van der Waals surface area contributed by atoms with Gasteiger partial charge in [-0.1, -0.05) is 60.7 Å². The van der Waals surface area contributed by atoms with Crippen LogP contribution in [-0.2, 0) is 32.2 Å². The van der Waals surface area contributed by atoms with Gasteiger partial charge in [0.1, 0.15) is 5.60 Å². The van der Waals surface area contributed by atoms with Gasteiger partial charge in [0.05, 0.1) is 32.9 Å². The van der Waals surface area contributed by atoms with Crippen LogP contribution in [0.5, 0.6) is 0 Å². The zero-order chi connectivity index (χ0) is 24.8. The van der Waals surface area contributed by atoms with Crippen molar-refractivity contribution >= 4 is 11.9 Å². The van der Waals surface area contributed by atoms with Crippen molar-refractivity contribution in [2.75, 3.05) is 46.0 Å². The standard InChI is InChI=1S/C26H36N2O6/c1-3-33-24(30)17-27(15-22-11-7-5-8-12-22)19-26(32,21-29)20-28(18-25(31)34-4-2)16-23-13-9-6-10-14-23/h5-14,29,32H,3-4,15-21H2,1-2H3. The highest BCUT2D eigenvalue weighted by molar-refractivity contribution is 5.72. The number of rotatable bonds is 15. The smallest absolute Gasteiger partial charge is 0.320 e. The Kier molecular flexibility index (Phi) is 11.7. The van der Waals surface area contributed by atoms with E-state index >= 15 is 0 Å². The van der Waals surface area contributed by atoms with Gasteiger partial charge in [-0.05, 0) is 25.0 Å². The molecule has 0 fully saturated rings. The van der Waals surface area contributed by atoms with E-state index in [0.29, 0.717) is 13.1 Å². The minimum atomic E-state index is -1.59. The molecular weight excluding hydrogens is 436 g/mol. The highest BCUT2D eigenvalue weighted by Gasteiger charge is 2.33. The molecule has 0 heterocycles. The van der Waals surface area contributed by atoms with Crippen molar-refractivity contribution in [3.05, 3.63) is 71.8 Å². The van der Waals surface area contributed by atoms with Crippen molar-refractivity contribution < 1.29 is 29.3 Å². The highest BCUT2D eigenvalue weighted by atomic mass is 16.5. The summed E-state index contributed by atoms with van der Waals surface area (Å²) in [5.41, 5.74) is 0.322. The fourth-order valence-electron chi connectivity index (χ4n) is 3.78. The summed E-state index contributed by atoms with van der Waals surface area (Å²) in [7, 11) is 0. The van der Waals surface area contributed by atoms with Crippen molar-refractivity contribution in [3.8, 4) is 0 Å². The third kappa shape index (κ3) is 10.0. The molecule has 0 bridgehead atoms. The summed E-state index contributed by atoms with van der Waals surface area (Å²) in [6.07, 6.45) is 0. The largest absolute Gasteiger partial charge is 0.465 e. The number of carbonyl (C=O) groups excluding carboxylic acids is 2. The van der Waals surface area contributed by atoms with E-state index < -0.39 is 24.1 Å². The summed E-state index contributed by atoms with van der Waals surface area (Å²) in [6, 6.07) is 19.1. The van der Waals surface area contributed by atoms with Gasteiger partial charge >= 0.3 is 11.9 Å². The number of esters is 2. The van der Waals surface area contributed by atoms with Crippen LogP contribution >= 0.6 is 0 Å². The zero-order valence-electron chi connectivity index (χ0n) is 20.1. The Morgan fingerprint density at radius 3 is 1.47 bits per heavy atom. The number of aliphatic hydroxyl groups is 2. The lowest BCUT2D eigenvalue weighted by molar-refractivity contribution is -0.147. The molecule has 0 aliphatic carbocycles. The van der Waals surface area contributed by atoms with E-state index in [4.69, 9.17) is 9.47 Å². The summed E-state index contributed by atoms with van der Waals surface area (Å²) < 4.78 is 10.2. The van der Waals surface area contributed by atoms with Gasteiger partial charge in [-0.15, -0.1) is 0 Å². The first kappa shape index (κ1) is 27.5. The number of carbonyl (C=O) groups is 2. The topological polar surface area (TPSA) is 99.5 Å². The van der Waals surface area contributed by atoms with E-state index in [-0.39, 0.29) is 39.4 Å². The van der Waals surface area contributed by atoms with Crippen molar-refractivity contribution in [3.63, 3.8) is 0 Å². The van der Waals surface area contributed by atoms with E-state index in [2.05, 4.69) is 0 Å². The van der Waals surface area contributed by atoms with Gasteiger partial charge in [-0.2, -0.15) is 0 Å². The van der Waals surface area contributed by atoms with Crippen molar-refractivity contribution in [2.45, 2.75) is 32.5 Å². The predicted octanol–water partition coefficient (Wildman–Crippen LogP) is 1.84. The lowest BCUT2D eigenvalue weighted by Crippen LogP contribution is -2.54. The first-order chi connectivity index (χ1) is 16.4. The van der Waals surface area contributed by atoms with Gasteiger partial charge in [0.25, 0.3) is 0 Å². The molecular formula is C26H36N2O6. The van der Waals surface area contributed by atoms with E-state index in [1.54, 1.807) is 23.6 Å². The Hall–Kier alpha value is -2.78. The lowest BCUT2D eigenvalue weighted by atomic mass is 10.0. The van der Waals surface area contributed by atoms with E-state index in [9.17, 15) is 19.8 Å². The van der Waals surface area contributed by atoms with Gasteiger partial charge < -0.3 is 19.7 Å². The molecule has 2 aromatic carbocycles. The van der Waals surface area contributed by atoms with Crippen LogP contribution in [-0.4, -0.2) is 83.6 Å². The molecule has 8 heteroatoms. The van der Waals surface area contributed by atoms with E-state index in [0.717, 1.165) is 11.1 Å². The second kappa shape index (κ2) is 14.5. The fourth-order valence-corrected chi connectivity index (χ4v) is 3.78. The highest BCUT2D eigenvalue weighted by Crippen LogP contribution is 2.16. The van der Waals surface area contributed by atoms with Crippen LogP contribution in [0, 0.1) is 0 Å². The molecule has 2 aromatic rings. The molecule has 0 aliphatic heterocycles. The summed E-state index contributed by atoms with van der Waals surface area (Å²) >= 11 is 0. The van der Waals surface area contributed by atoms with Gasteiger partial charge in [-0.3, -0.25) is 19.4 Å². The van der Waals surface area contributed by atoms with Crippen LogP contribution in [0.3, 0.4) is 0 Å². The van der Waals surface area contributed by atoms with Gasteiger partial charge in [0, 0.05) is 26.2 Å². The third-order valence-corrected chi connectivity index (χ3v) is 5.14. The molecule has 0 saturated heterocycles. The minimum Gasteiger partial charge on any atom is -0.465 e. The molecule has 34 heavy (non-hydrogen) atoms. The maximum absolute atomic E-state index is 12.2. The van der Waals surface area contributed by atoms with Crippen LogP contribution in [0.2, 0.25) is 0 Å². The molecule has 186 valence electrons. The molecule has 0 unspecified atom stereocenters. The van der Waals surface area contributed by atoms with E-state index in [1.807, 2.05) is 60.7 Å². The molecule has 8 nitrogen and oxygen atoms in total. The van der Waals surface area contributed by atoms with Crippen LogP contribution in [0.15, 0.2) is 60.7 Å². The molecule has 0 saturated carbocycles. The Morgan fingerprint density at radius 1 is 0.765 bits per heavy atom. The average Bonchev–Trinajstić information content (AvgIpc) is 2.80. The van der Waals surface area contributed by atoms with Crippen molar-refractivity contribution in [1.29, 1.82) is 0 Å². The van der Waals surface area contributed by atoms with Crippen LogP contribution in [0.4, 0.5) is 0 Å². The molecule has 0 spiro atoms. The van der Waals surface area contributed by atoms with Crippen LogP contribution in [0.25, 0.3) is 0 Å². The third-order valence-electron chi connectivity index (χ3n) is 5.14. The van der Waals surface area contributed by atoms with Crippen molar-refractivity contribution in [1.82, 2.24) is 9.80 Å². The minimum absolute atomic E-state index is 0.00528. The predicted molar refractivity (Wildman–Crippen MR) is 129 cm³/mol. The maximum atomic E-state index is 12.2. The summed E-state index contributed by atoms with van der Waals surface area (Å²) in [6.45, 7) is 4.15. The number of benzene rings is 2. The Morgan fingerprint density at radius 2 is 1.15 bits per heavy atom. The number of aliphatic hydroxyl groups excluding tert-OH is 1. The van der Waals surface area contributed by atoms with Crippen molar-refractivity contribution in [2.24, 2.45) is 0 Å². The monoisotopic (exact) mass is 472 g/mol. The van der Waals surface area contributed by atoms with Crippen LogP contribution < -0.4 is 0 Å². The molecule has 0 aliphatic rings. The molecule has 0 amide bonds. The quantitative estimate of drug-likeness (QED) is 0.379. The number of nitrogens with zero attached hydrogens (tertiary/aromatic N) is 2. The van der Waals surface area contributed by atoms with Crippen LogP contribution in [0.1, 0.15) is 25.0 Å². The zero-order valence-corrected chi connectivity index (χ0v) is 20.1. The molecule has 2 N–H and O–H groups in total.